The molecule has 0 aliphatic rings. The van der Waals surface area contributed by atoms with E-state index in [1.54, 1.807) is 4.68 Å². The summed E-state index contributed by atoms with van der Waals surface area (Å²) in [6, 6.07) is 7.99. The van der Waals surface area contributed by atoms with Crippen molar-refractivity contribution in [2.75, 3.05) is 17.7 Å². The van der Waals surface area contributed by atoms with Crippen LogP contribution in [0.3, 0.4) is 0 Å². The molecule has 1 heterocycles. The van der Waals surface area contributed by atoms with E-state index in [1.807, 2.05) is 43.7 Å². The molecule has 0 saturated carbocycles. The summed E-state index contributed by atoms with van der Waals surface area (Å²) in [5.41, 5.74) is 3.17. The second-order valence-electron chi connectivity index (χ2n) is 4.17. The molecule has 0 aliphatic heterocycles. The number of hydrogen-bond acceptors (Lipinski definition) is 3. The largest absolute Gasteiger partial charge is 0.390 e. The maximum atomic E-state index is 9.35. The van der Waals surface area contributed by atoms with E-state index in [1.165, 1.54) is 0 Å². The summed E-state index contributed by atoms with van der Waals surface area (Å²) in [7, 11) is 1.90. The van der Waals surface area contributed by atoms with Gasteiger partial charge in [-0.25, -0.2) is 0 Å². The average molecular weight is 266 g/mol. The van der Waals surface area contributed by atoms with Gasteiger partial charge in [-0.2, -0.15) is 5.10 Å². The van der Waals surface area contributed by atoms with Gasteiger partial charge in [0.05, 0.1) is 18.2 Å². The molecule has 0 aliphatic carbocycles. The molecule has 1 aromatic heterocycles. The maximum absolute atomic E-state index is 9.35. The Labute approximate surface area is 111 Å². The van der Waals surface area contributed by atoms with Gasteiger partial charge in [-0.1, -0.05) is 12.1 Å². The molecule has 18 heavy (non-hydrogen) atoms. The fourth-order valence-corrected chi connectivity index (χ4v) is 1.75. The Morgan fingerprint density at radius 3 is 2.61 bits per heavy atom. The number of hydrogen-bond donors (Lipinski definition) is 2. The Morgan fingerprint density at radius 1 is 1.33 bits per heavy atom. The Balaban J connectivity index is 2.01. The SMILES string of the molecule is Cn1cc(-c2ccc(NCC(O)CCl)cc2)cn1. The zero-order chi connectivity index (χ0) is 13.0. The van der Waals surface area contributed by atoms with Crippen molar-refractivity contribution in [2.24, 2.45) is 7.05 Å². The Bertz CT molecular complexity index is 495. The Hall–Kier alpha value is -1.52. The number of rotatable bonds is 5. The van der Waals surface area contributed by atoms with Crippen LogP contribution < -0.4 is 5.32 Å². The number of anilines is 1. The molecular weight excluding hydrogens is 250 g/mol. The fourth-order valence-electron chi connectivity index (χ4n) is 1.64. The molecule has 2 N–H and O–H groups in total. The van der Waals surface area contributed by atoms with Gasteiger partial charge in [0.25, 0.3) is 0 Å². The van der Waals surface area contributed by atoms with E-state index >= 15 is 0 Å². The first-order valence-electron chi connectivity index (χ1n) is 5.76. The molecule has 1 unspecified atom stereocenters. The Morgan fingerprint density at radius 2 is 2.06 bits per heavy atom. The highest BCUT2D eigenvalue weighted by molar-refractivity contribution is 6.18. The van der Waals surface area contributed by atoms with Gasteiger partial charge in [-0.05, 0) is 17.7 Å². The van der Waals surface area contributed by atoms with Crippen molar-refractivity contribution < 1.29 is 5.11 Å². The predicted molar refractivity (Wildman–Crippen MR) is 73.9 cm³/mol. The number of nitrogens with one attached hydrogen (secondary N) is 1. The van der Waals surface area contributed by atoms with Crippen LogP contribution in [0.5, 0.6) is 0 Å². The van der Waals surface area contributed by atoms with Gasteiger partial charge in [0, 0.05) is 31.0 Å². The maximum Gasteiger partial charge on any atom is 0.0847 e. The van der Waals surface area contributed by atoms with Gasteiger partial charge in [0.15, 0.2) is 0 Å². The van der Waals surface area contributed by atoms with Gasteiger partial charge in [0.2, 0.25) is 0 Å². The normalized spacial score (nSPS) is 12.4. The summed E-state index contributed by atoms with van der Waals surface area (Å²) in [5, 5.41) is 16.6. The van der Waals surface area contributed by atoms with Crippen molar-refractivity contribution in [3.8, 4) is 11.1 Å². The zero-order valence-corrected chi connectivity index (χ0v) is 10.9. The monoisotopic (exact) mass is 265 g/mol. The van der Waals surface area contributed by atoms with Gasteiger partial charge in [-0.3, -0.25) is 4.68 Å². The van der Waals surface area contributed by atoms with Crippen LogP contribution in [0.1, 0.15) is 0 Å². The first-order chi connectivity index (χ1) is 8.69. The highest BCUT2D eigenvalue weighted by Crippen LogP contribution is 2.20. The van der Waals surface area contributed by atoms with Crippen molar-refractivity contribution in [1.82, 2.24) is 9.78 Å². The molecule has 2 rings (SSSR count). The minimum atomic E-state index is -0.523. The van der Waals surface area contributed by atoms with E-state index in [2.05, 4.69) is 10.4 Å². The highest BCUT2D eigenvalue weighted by atomic mass is 35.5. The van der Waals surface area contributed by atoms with Crippen molar-refractivity contribution in [3.05, 3.63) is 36.7 Å². The van der Waals surface area contributed by atoms with Gasteiger partial charge < -0.3 is 10.4 Å². The molecule has 2 aromatic rings. The number of aliphatic hydroxyl groups excluding tert-OH is 1. The lowest BCUT2D eigenvalue weighted by Gasteiger charge is -2.10. The van der Waals surface area contributed by atoms with Crippen LogP contribution in [0.4, 0.5) is 5.69 Å². The highest BCUT2D eigenvalue weighted by Gasteiger charge is 2.03. The van der Waals surface area contributed by atoms with Crippen LogP contribution in [-0.4, -0.2) is 33.4 Å². The third kappa shape index (κ3) is 3.24. The molecule has 0 amide bonds. The molecule has 0 fully saturated rings. The van der Waals surface area contributed by atoms with Crippen molar-refractivity contribution >= 4 is 17.3 Å². The average Bonchev–Trinajstić information content (AvgIpc) is 2.83. The summed E-state index contributed by atoms with van der Waals surface area (Å²) >= 11 is 5.53. The summed E-state index contributed by atoms with van der Waals surface area (Å²) in [6.07, 6.45) is 3.28. The van der Waals surface area contributed by atoms with Gasteiger partial charge >= 0.3 is 0 Å². The summed E-state index contributed by atoms with van der Waals surface area (Å²) in [5.74, 6) is 0.237. The van der Waals surface area contributed by atoms with Crippen LogP contribution in [0.2, 0.25) is 0 Å². The number of aryl methyl sites for hydroxylation is 1. The van der Waals surface area contributed by atoms with Crippen molar-refractivity contribution in [3.63, 3.8) is 0 Å². The van der Waals surface area contributed by atoms with E-state index in [0.29, 0.717) is 6.54 Å². The molecule has 5 heteroatoms. The number of alkyl halides is 1. The molecule has 0 saturated heterocycles. The second-order valence-corrected chi connectivity index (χ2v) is 4.48. The lowest BCUT2D eigenvalue weighted by Crippen LogP contribution is -2.20. The Kier molecular flexibility index (Phi) is 4.23. The fraction of sp³-hybridized carbons (Fsp3) is 0.308. The van der Waals surface area contributed by atoms with Crippen LogP contribution >= 0.6 is 11.6 Å². The molecule has 96 valence electrons. The topological polar surface area (TPSA) is 50.1 Å². The summed E-state index contributed by atoms with van der Waals surface area (Å²) < 4.78 is 1.78. The standard InChI is InChI=1S/C13H16ClN3O/c1-17-9-11(7-16-17)10-2-4-12(5-3-10)15-8-13(18)6-14/h2-5,7,9,13,15,18H,6,8H2,1H3. The van der Waals surface area contributed by atoms with E-state index < -0.39 is 6.10 Å². The molecule has 0 radical (unpaired) electrons. The van der Waals surface area contributed by atoms with Gasteiger partial charge in [0.1, 0.15) is 0 Å². The lowest BCUT2D eigenvalue weighted by atomic mass is 10.1. The minimum Gasteiger partial charge on any atom is -0.390 e. The second kappa shape index (κ2) is 5.89. The summed E-state index contributed by atoms with van der Waals surface area (Å²) in [4.78, 5) is 0. The van der Waals surface area contributed by atoms with E-state index in [-0.39, 0.29) is 5.88 Å². The van der Waals surface area contributed by atoms with Crippen molar-refractivity contribution in [2.45, 2.75) is 6.10 Å². The van der Waals surface area contributed by atoms with Gasteiger partial charge in [-0.15, -0.1) is 11.6 Å². The molecule has 1 aromatic carbocycles. The number of aromatic nitrogens is 2. The van der Waals surface area contributed by atoms with E-state index in [4.69, 9.17) is 11.6 Å². The van der Waals surface area contributed by atoms with Crippen LogP contribution in [0, 0.1) is 0 Å². The van der Waals surface area contributed by atoms with E-state index in [0.717, 1.165) is 16.8 Å². The molecule has 0 bridgehead atoms. The number of nitrogens with zero attached hydrogens (tertiary/aromatic N) is 2. The third-order valence-corrected chi connectivity index (χ3v) is 3.00. The van der Waals surface area contributed by atoms with Crippen LogP contribution in [0.15, 0.2) is 36.7 Å². The molecule has 0 spiro atoms. The number of benzene rings is 1. The van der Waals surface area contributed by atoms with Crippen molar-refractivity contribution in [1.29, 1.82) is 0 Å². The zero-order valence-electron chi connectivity index (χ0n) is 10.2. The minimum absolute atomic E-state index is 0.237. The third-order valence-electron chi connectivity index (χ3n) is 2.64. The molecule has 1 atom stereocenters. The van der Waals surface area contributed by atoms with Crippen LogP contribution in [-0.2, 0) is 7.05 Å². The quantitative estimate of drug-likeness (QED) is 0.814. The lowest BCUT2D eigenvalue weighted by molar-refractivity contribution is 0.211. The first-order valence-corrected chi connectivity index (χ1v) is 6.29. The van der Waals surface area contributed by atoms with Crippen LogP contribution in [0.25, 0.3) is 11.1 Å². The predicted octanol–water partition coefficient (Wildman–Crippen LogP) is 2.10. The first kappa shape index (κ1) is 12.9. The summed E-state index contributed by atoms with van der Waals surface area (Å²) in [6.45, 7) is 0.454. The smallest absolute Gasteiger partial charge is 0.0847 e. The molecule has 4 nitrogen and oxygen atoms in total. The van der Waals surface area contributed by atoms with E-state index in [9.17, 15) is 5.11 Å². The molecular formula is C13H16ClN3O. The number of aliphatic hydroxyl groups is 1. The number of halogens is 1.